The number of aryl methyl sites for hydroxylation is 1. The molecule has 8 heteroatoms. The Bertz CT molecular complexity index is 517. The third-order valence-electron chi connectivity index (χ3n) is 1.95. The first kappa shape index (κ1) is 14.1. The zero-order valence-corrected chi connectivity index (χ0v) is 10.9. The summed E-state index contributed by atoms with van der Waals surface area (Å²) in [6.07, 6.45) is -0.836. The maximum absolute atomic E-state index is 11.9. The molecule has 3 N–H and O–H groups in total. The molecule has 0 aliphatic heterocycles. The van der Waals surface area contributed by atoms with Crippen molar-refractivity contribution >= 4 is 27.3 Å². The SMILES string of the molecule is Cc1csc(C(=O)O)c1S(=O)(=O)NC[C@@H](C)O. The zero-order chi connectivity index (χ0) is 13.2. The minimum Gasteiger partial charge on any atom is -0.477 e. The zero-order valence-electron chi connectivity index (χ0n) is 9.30. The molecule has 1 rings (SSSR count). The van der Waals surface area contributed by atoms with Gasteiger partial charge in [-0.1, -0.05) is 0 Å². The van der Waals surface area contributed by atoms with Crippen LogP contribution < -0.4 is 4.72 Å². The Kier molecular flexibility index (Phi) is 4.26. The molecule has 0 aliphatic carbocycles. The van der Waals surface area contributed by atoms with Crippen molar-refractivity contribution in [3.8, 4) is 0 Å². The van der Waals surface area contributed by atoms with Crippen LogP contribution in [0.2, 0.25) is 0 Å². The van der Waals surface area contributed by atoms with Crippen LogP contribution in [-0.2, 0) is 10.0 Å². The number of carboxylic acids is 1. The summed E-state index contributed by atoms with van der Waals surface area (Å²) < 4.78 is 25.9. The standard InChI is InChI=1S/C9H13NO5S2/c1-5-4-16-7(9(12)13)8(5)17(14,15)10-3-6(2)11/h4,6,10-11H,3H2,1-2H3,(H,12,13)/t6-/m1/s1. The van der Waals surface area contributed by atoms with Gasteiger partial charge >= 0.3 is 5.97 Å². The van der Waals surface area contributed by atoms with Crippen molar-refractivity contribution in [2.24, 2.45) is 0 Å². The summed E-state index contributed by atoms with van der Waals surface area (Å²) in [5.74, 6) is -1.28. The van der Waals surface area contributed by atoms with Gasteiger partial charge in [-0.15, -0.1) is 11.3 Å². The number of hydrogen-bond acceptors (Lipinski definition) is 5. The number of aromatic carboxylic acids is 1. The van der Waals surface area contributed by atoms with Crippen LogP contribution in [0.3, 0.4) is 0 Å². The van der Waals surface area contributed by atoms with Crippen LogP contribution in [0.5, 0.6) is 0 Å². The molecule has 0 amide bonds. The van der Waals surface area contributed by atoms with Crippen LogP contribution in [-0.4, -0.2) is 37.2 Å². The third-order valence-corrected chi connectivity index (χ3v) is 4.77. The lowest BCUT2D eigenvalue weighted by Crippen LogP contribution is -2.31. The molecule has 0 bridgehead atoms. The van der Waals surface area contributed by atoms with Gasteiger partial charge in [0.25, 0.3) is 0 Å². The van der Waals surface area contributed by atoms with Gasteiger partial charge in [-0.2, -0.15) is 0 Å². The van der Waals surface area contributed by atoms with Crippen molar-refractivity contribution in [3.05, 3.63) is 15.8 Å². The van der Waals surface area contributed by atoms with Gasteiger partial charge < -0.3 is 10.2 Å². The lowest BCUT2D eigenvalue weighted by atomic mass is 10.3. The van der Waals surface area contributed by atoms with E-state index in [1.165, 1.54) is 19.2 Å². The van der Waals surface area contributed by atoms with Crippen molar-refractivity contribution in [2.45, 2.75) is 24.8 Å². The van der Waals surface area contributed by atoms with Gasteiger partial charge in [-0.3, -0.25) is 0 Å². The van der Waals surface area contributed by atoms with E-state index in [1.54, 1.807) is 0 Å². The number of aliphatic hydroxyl groups excluding tert-OH is 1. The molecule has 0 aromatic carbocycles. The predicted molar refractivity (Wildman–Crippen MR) is 62.9 cm³/mol. The van der Waals surface area contributed by atoms with E-state index in [0.29, 0.717) is 5.56 Å². The normalized spacial score (nSPS) is 13.6. The van der Waals surface area contributed by atoms with Crippen LogP contribution in [0.1, 0.15) is 22.2 Å². The summed E-state index contributed by atoms with van der Waals surface area (Å²) in [5, 5.41) is 19.4. The molecular weight excluding hydrogens is 266 g/mol. The molecule has 17 heavy (non-hydrogen) atoms. The molecular formula is C9H13NO5S2. The van der Waals surface area contributed by atoms with E-state index in [-0.39, 0.29) is 16.3 Å². The van der Waals surface area contributed by atoms with E-state index < -0.39 is 22.1 Å². The van der Waals surface area contributed by atoms with Crippen LogP contribution >= 0.6 is 11.3 Å². The lowest BCUT2D eigenvalue weighted by molar-refractivity contribution is 0.0698. The number of nitrogens with one attached hydrogen (secondary N) is 1. The van der Waals surface area contributed by atoms with Gasteiger partial charge in [0.1, 0.15) is 9.77 Å². The fourth-order valence-corrected chi connectivity index (χ4v) is 3.97. The molecule has 1 heterocycles. The van der Waals surface area contributed by atoms with Crippen LogP contribution in [0.25, 0.3) is 0 Å². The quantitative estimate of drug-likeness (QED) is 0.724. The first-order valence-electron chi connectivity index (χ1n) is 4.75. The summed E-state index contributed by atoms with van der Waals surface area (Å²) in [4.78, 5) is 10.4. The van der Waals surface area contributed by atoms with Gasteiger partial charge in [0, 0.05) is 6.54 Å². The fraction of sp³-hybridized carbons (Fsp3) is 0.444. The first-order chi connectivity index (χ1) is 7.75. The molecule has 0 spiro atoms. The molecule has 0 fully saturated rings. The first-order valence-corrected chi connectivity index (χ1v) is 7.11. The van der Waals surface area contributed by atoms with Crippen molar-refractivity contribution in [3.63, 3.8) is 0 Å². The van der Waals surface area contributed by atoms with E-state index in [9.17, 15) is 13.2 Å². The van der Waals surface area contributed by atoms with Crippen molar-refractivity contribution in [2.75, 3.05) is 6.54 Å². The van der Waals surface area contributed by atoms with Crippen LogP contribution in [0.15, 0.2) is 10.3 Å². The topological polar surface area (TPSA) is 104 Å². The highest BCUT2D eigenvalue weighted by Gasteiger charge is 2.26. The molecule has 0 aliphatic rings. The van der Waals surface area contributed by atoms with E-state index >= 15 is 0 Å². The Hall–Kier alpha value is -0.960. The Morgan fingerprint density at radius 2 is 2.18 bits per heavy atom. The highest BCUT2D eigenvalue weighted by molar-refractivity contribution is 7.89. The highest BCUT2D eigenvalue weighted by atomic mass is 32.2. The molecule has 0 radical (unpaired) electrons. The van der Waals surface area contributed by atoms with Gasteiger partial charge in [-0.25, -0.2) is 17.9 Å². The predicted octanol–water partition coefficient (Wildman–Crippen LogP) is 0.414. The maximum Gasteiger partial charge on any atom is 0.347 e. The lowest BCUT2D eigenvalue weighted by Gasteiger charge is -2.09. The summed E-state index contributed by atoms with van der Waals surface area (Å²) in [7, 11) is -3.90. The van der Waals surface area contributed by atoms with E-state index in [1.807, 2.05) is 0 Å². The summed E-state index contributed by atoms with van der Waals surface area (Å²) in [6, 6.07) is 0. The minimum absolute atomic E-state index is 0.156. The number of hydrogen-bond donors (Lipinski definition) is 3. The monoisotopic (exact) mass is 279 g/mol. The molecule has 1 aromatic rings. The molecule has 6 nitrogen and oxygen atoms in total. The van der Waals surface area contributed by atoms with Crippen molar-refractivity contribution in [1.82, 2.24) is 4.72 Å². The molecule has 1 aromatic heterocycles. The van der Waals surface area contributed by atoms with Crippen LogP contribution in [0.4, 0.5) is 0 Å². The second-order valence-electron chi connectivity index (χ2n) is 3.58. The summed E-state index contributed by atoms with van der Waals surface area (Å²) in [5.41, 5.74) is 0.380. The van der Waals surface area contributed by atoms with Gasteiger partial charge in [-0.05, 0) is 24.8 Å². The Morgan fingerprint density at radius 1 is 1.59 bits per heavy atom. The Labute approximate surface area is 103 Å². The van der Waals surface area contributed by atoms with E-state index in [4.69, 9.17) is 10.2 Å². The average molecular weight is 279 g/mol. The van der Waals surface area contributed by atoms with Gasteiger partial charge in [0.05, 0.1) is 6.10 Å². The number of carboxylic acid groups (broad SMARTS) is 1. The van der Waals surface area contributed by atoms with Gasteiger partial charge in [0.2, 0.25) is 10.0 Å². The smallest absolute Gasteiger partial charge is 0.347 e. The molecule has 96 valence electrons. The second kappa shape index (κ2) is 5.13. The number of sulfonamides is 1. The Balaban J connectivity index is 3.14. The van der Waals surface area contributed by atoms with E-state index in [2.05, 4.69) is 4.72 Å². The second-order valence-corrected chi connectivity index (χ2v) is 6.17. The molecule has 0 saturated carbocycles. The minimum atomic E-state index is -3.90. The van der Waals surface area contributed by atoms with E-state index in [0.717, 1.165) is 11.3 Å². The third kappa shape index (κ3) is 3.25. The molecule has 1 atom stereocenters. The van der Waals surface area contributed by atoms with Crippen molar-refractivity contribution < 1.29 is 23.4 Å². The Morgan fingerprint density at radius 3 is 2.65 bits per heavy atom. The largest absolute Gasteiger partial charge is 0.477 e. The van der Waals surface area contributed by atoms with Crippen LogP contribution in [0, 0.1) is 6.92 Å². The maximum atomic E-state index is 11.9. The highest BCUT2D eigenvalue weighted by Crippen LogP contribution is 2.26. The fourth-order valence-electron chi connectivity index (χ4n) is 1.22. The number of carbonyl (C=O) groups is 1. The van der Waals surface area contributed by atoms with Gasteiger partial charge in [0.15, 0.2) is 0 Å². The average Bonchev–Trinajstić information content (AvgIpc) is 2.58. The number of rotatable bonds is 5. The summed E-state index contributed by atoms with van der Waals surface area (Å²) in [6.45, 7) is 2.80. The summed E-state index contributed by atoms with van der Waals surface area (Å²) >= 11 is 0.864. The molecule has 0 saturated heterocycles. The number of aliphatic hydroxyl groups is 1. The number of thiophene rings is 1. The molecule has 0 unspecified atom stereocenters. The van der Waals surface area contributed by atoms with Crippen molar-refractivity contribution in [1.29, 1.82) is 0 Å².